The van der Waals surface area contributed by atoms with Crippen LogP contribution in [0.3, 0.4) is 0 Å². The minimum atomic E-state index is 0.856. The van der Waals surface area contributed by atoms with Gasteiger partial charge in [-0.15, -0.1) is 0 Å². The van der Waals surface area contributed by atoms with Gasteiger partial charge in [-0.25, -0.2) is 0 Å². The molecule has 3 heteroatoms. The third-order valence-corrected chi connectivity index (χ3v) is 3.82. The molecule has 0 unspecified atom stereocenters. The Kier molecular flexibility index (Phi) is 4.46. The predicted octanol–water partition coefficient (Wildman–Crippen LogP) is 3.50. The third-order valence-electron chi connectivity index (χ3n) is 3.82. The van der Waals surface area contributed by atoms with Crippen LogP contribution in [-0.4, -0.2) is 16.3 Å². The Morgan fingerprint density at radius 1 is 1.24 bits per heavy atom. The Labute approximate surface area is 105 Å². The monoisotopic (exact) mass is 235 g/mol. The molecule has 1 fully saturated rings. The highest BCUT2D eigenvalue weighted by atomic mass is 15.3. The minimum absolute atomic E-state index is 0.856. The van der Waals surface area contributed by atoms with E-state index < -0.39 is 0 Å². The molecule has 2 rings (SSSR count). The van der Waals surface area contributed by atoms with Crippen molar-refractivity contribution >= 4 is 5.69 Å². The number of rotatable bonds is 3. The Hall–Kier alpha value is -0.990. The molecule has 0 bridgehead atoms. The summed E-state index contributed by atoms with van der Waals surface area (Å²) in [6.45, 7) is 3.19. The van der Waals surface area contributed by atoms with Gasteiger partial charge in [0.15, 0.2) is 0 Å². The quantitative estimate of drug-likeness (QED) is 0.869. The number of nitrogens with zero attached hydrogens (tertiary/aromatic N) is 2. The lowest BCUT2D eigenvalue weighted by atomic mass is 9.91. The fraction of sp³-hybridized carbons (Fsp3) is 0.786. The van der Waals surface area contributed by atoms with E-state index in [1.165, 1.54) is 50.6 Å². The third kappa shape index (κ3) is 3.76. The van der Waals surface area contributed by atoms with Crippen LogP contribution in [0.25, 0.3) is 0 Å². The van der Waals surface area contributed by atoms with Crippen molar-refractivity contribution in [3.63, 3.8) is 0 Å². The maximum absolute atomic E-state index is 4.36. The Bertz CT molecular complexity index is 335. The Morgan fingerprint density at radius 2 is 1.88 bits per heavy atom. The number of aromatic nitrogens is 2. The maximum atomic E-state index is 4.36. The van der Waals surface area contributed by atoms with E-state index in [0.29, 0.717) is 0 Å². The molecule has 0 radical (unpaired) electrons. The number of nitrogens with one attached hydrogen (secondary N) is 1. The molecule has 1 aliphatic rings. The lowest BCUT2D eigenvalue weighted by Crippen LogP contribution is -2.15. The van der Waals surface area contributed by atoms with Crippen LogP contribution in [-0.2, 0) is 7.05 Å². The van der Waals surface area contributed by atoms with E-state index in [2.05, 4.69) is 23.5 Å². The van der Waals surface area contributed by atoms with Crippen LogP contribution in [0, 0.1) is 12.8 Å². The normalized spacial score (nSPS) is 18.7. The molecule has 0 amide bonds. The van der Waals surface area contributed by atoms with Crippen molar-refractivity contribution in [2.45, 2.75) is 51.9 Å². The zero-order valence-corrected chi connectivity index (χ0v) is 11.2. The lowest BCUT2D eigenvalue weighted by Gasteiger charge is -2.20. The molecule has 17 heavy (non-hydrogen) atoms. The van der Waals surface area contributed by atoms with Gasteiger partial charge in [0.1, 0.15) is 0 Å². The van der Waals surface area contributed by atoms with Crippen LogP contribution in [0.15, 0.2) is 6.20 Å². The van der Waals surface area contributed by atoms with E-state index in [-0.39, 0.29) is 0 Å². The average Bonchev–Trinajstić information content (AvgIpc) is 2.56. The second-order valence-electron chi connectivity index (χ2n) is 5.39. The van der Waals surface area contributed by atoms with Crippen molar-refractivity contribution in [2.24, 2.45) is 13.0 Å². The second kappa shape index (κ2) is 6.08. The van der Waals surface area contributed by atoms with E-state index in [0.717, 1.165) is 18.2 Å². The van der Waals surface area contributed by atoms with Crippen molar-refractivity contribution in [1.82, 2.24) is 9.78 Å². The SMILES string of the molecule is Cc1nn(C)cc1NCC1CCCCCCC1. The summed E-state index contributed by atoms with van der Waals surface area (Å²) in [6.07, 6.45) is 12.0. The number of aryl methyl sites for hydroxylation is 2. The molecule has 1 aromatic heterocycles. The van der Waals surface area contributed by atoms with Crippen LogP contribution in [0.4, 0.5) is 5.69 Å². The van der Waals surface area contributed by atoms with E-state index in [1.807, 2.05) is 11.7 Å². The van der Waals surface area contributed by atoms with Crippen LogP contribution in [0.2, 0.25) is 0 Å². The summed E-state index contributed by atoms with van der Waals surface area (Å²) in [5.74, 6) is 0.856. The zero-order valence-electron chi connectivity index (χ0n) is 11.2. The van der Waals surface area contributed by atoms with Gasteiger partial charge in [-0.1, -0.05) is 32.1 Å². The molecule has 1 aromatic rings. The largest absolute Gasteiger partial charge is 0.382 e. The van der Waals surface area contributed by atoms with Gasteiger partial charge >= 0.3 is 0 Å². The molecule has 96 valence electrons. The van der Waals surface area contributed by atoms with Crippen molar-refractivity contribution in [2.75, 3.05) is 11.9 Å². The van der Waals surface area contributed by atoms with Crippen LogP contribution in [0.1, 0.15) is 50.6 Å². The van der Waals surface area contributed by atoms with Gasteiger partial charge in [-0.2, -0.15) is 5.10 Å². The Balaban J connectivity index is 1.81. The van der Waals surface area contributed by atoms with E-state index in [9.17, 15) is 0 Å². The smallest absolute Gasteiger partial charge is 0.0824 e. The van der Waals surface area contributed by atoms with E-state index >= 15 is 0 Å². The molecular formula is C14H25N3. The first-order valence-corrected chi connectivity index (χ1v) is 7.00. The van der Waals surface area contributed by atoms with Gasteiger partial charge in [0.05, 0.1) is 11.4 Å². The van der Waals surface area contributed by atoms with Gasteiger partial charge < -0.3 is 5.32 Å². The molecule has 1 heterocycles. The molecule has 1 N–H and O–H groups in total. The van der Waals surface area contributed by atoms with Crippen LogP contribution in [0.5, 0.6) is 0 Å². The summed E-state index contributed by atoms with van der Waals surface area (Å²) in [6, 6.07) is 0. The molecule has 0 saturated heterocycles. The van der Waals surface area contributed by atoms with Crippen LogP contribution < -0.4 is 5.32 Å². The first kappa shape index (κ1) is 12.5. The van der Waals surface area contributed by atoms with Crippen molar-refractivity contribution in [3.05, 3.63) is 11.9 Å². The lowest BCUT2D eigenvalue weighted by molar-refractivity contribution is 0.392. The van der Waals surface area contributed by atoms with Crippen molar-refractivity contribution < 1.29 is 0 Å². The standard InChI is InChI=1S/C14H25N3/c1-12-14(11-17(2)16-12)15-10-13-8-6-4-3-5-7-9-13/h11,13,15H,3-10H2,1-2H3. The fourth-order valence-electron chi connectivity index (χ4n) is 2.77. The first-order chi connectivity index (χ1) is 8.25. The average molecular weight is 235 g/mol. The summed E-state index contributed by atoms with van der Waals surface area (Å²) in [5.41, 5.74) is 2.31. The topological polar surface area (TPSA) is 29.9 Å². The predicted molar refractivity (Wildman–Crippen MR) is 72.2 cm³/mol. The van der Waals surface area contributed by atoms with E-state index in [4.69, 9.17) is 0 Å². The summed E-state index contributed by atoms with van der Waals surface area (Å²) < 4.78 is 1.88. The Morgan fingerprint density at radius 3 is 2.47 bits per heavy atom. The van der Waals surface area contributed by atoms with Gasteiger partial charge in [-0.05, 0) is 25.7 Å². The molecule has 1 saturated carbocycles. The van der Waals surface area contributed by atoms with Crippen molar-refractivity contribution in [1.29, 1.82) is 0 Å². The molecule has 1 aliphatic carbocycles. The summed E-state index contributed by atoms with van der Waals surface area (Å²) in [4.78, 5) is 0. The number of hydrogen-bond acceptors (Lipinski definition) is 2. The first-order valence-electron chi connectivity index (χ1n) is 7.00. The molecule has 0 atom stereocenters. The minimum Gasteiger partial charge on any atom is -0.382 e. The molecule has 3 nitrogen and oxygen atoms in total. The number of hydrogen-bond donors (Lipinski definition) is 1. The fourth-order valence-corrected chi connectivity index (χ4v) is 2.77. The molecular weight excluding hydrogens is 210 g/mol. The highest BCUT2D eigenvalue weighted by Gasteiger charge is 2.12. The number of anilines is 1. The van der Waals surface area contributed by atoms with Gasteiger partial charge in [0.2, 0.25) is 0 Å². The highest BCUT2D eigenvalue weighted by Crippen LogP contribution is 2.23. The second-order valence-corrected chi connectivity index (χ2v) is 5.39. The zero-order chi connectivity index (χ0) is 12.1. The maximum Gasteiger partial charge on any atom is 0.0824 e. The molecule has 0 aliphatic heterocycles. The van der Waals surface area contributed by atoms with E-state index in [1.54, 1.807) is 0 Å². The van der Waals surface area contributed by atoms with Crippen LogP contribution >= 0.6 is 0 Å². The molecule has 0 spiro atoms. The highest BCUT2D eigenvalue weighted by molar-refractivity contribution is 5.45. The van der Waals surface area contributed by atoms with Gasteiger partial charge in [0, 0.05) is 19.8 Å². The van der Waals surface area contributed by atoms with Gasteiger partial charge in [-0.3, -0.25) is 4.68 Å². The van der Waals surface area contributed by atoms with Gasteiger partial charge in [0.25, 0.3) is 0 Å². The summed E-state index contributed by atoms with van der Waals surface area (Å²) in [5, 5.41) is 7.93. The van der Waals surface area contributed by atoms with Crippen molar-refractivity contribution in [3.8, 4) is 0 Å². The summed E-state index contributed by atoms with van der Waals surface area (Å²) in [7, 11) is 1.98. The summed E-state index contributed by atoms with van der Waals surface area (Å²) >= 11 is 0. The molecule has 0 aromatic carbocycles.